The van der Waals surface area contributed by atoms with Gasteiger partial charge in [-0.15, -0.1) is 0 Å². The highest BCUT2D eigenvalue weighted by Gasteiger charge is 2.37. The summed E-state index contributed by atoms with van der Waals surface area (Å²) < 4.78 is 13.5. The molecule has 54 heavy (non-hydrogen) atoms. The Hall–Kier alpha value is -6.59. The summed E-state index contributed by atoms with van der Waals surface area (Å²) in [5.74, 6) is 1.72. The molecule has 3 heterocycles. The molecule has 0 amide bonds. The second kappa shape index (κ2) is 11.7. The Bertz CT molecular complexity index is 2840. The maximum atomic E-state index is 6.93. The molecule has 0 fully saturated rings. The smallest absolute Gasteiger partial charge is 0.176 e. The van der Waals surface area contributed by atoms with Crippen LogP contribution < -0.4 is 10.2 Å². The van der Waals surface area contributed by atoms with Gasteiger partial charge in [-0.05, 0) is 77.6 Å². The zero-order valence-electron chi connectivity index (χ0n) is 30.1. The van der Waals surface area contributed by atoms with Crippen LogP contribution in [0.2, 0.25) is 0 Å². The van der Waals surface area contributed by atoms with Crippen LogP contribution in [0.15, 0.2) is 159 Å². The fourth-order valence-corrected chi connectivity index (χ4v) is 8.99. The summed E-state index contributed by atoms with van der Waals surface area (Å²) in [4.78, 5) is 7.79. The molecule has 5 nitrogen and oxygen atoms in total. The van der Waals surface area contributed by atoms with Gasteiger partial charge in [0.1, 0.15) is 23.2 Å². The number of nitrogens with zero attached hydrogens (tertiary/aromatic N) is 2. The number of rotatable bonds is 5. The van der Waals surface area contributed by atoms with Crippen molar-refractivity contribution in [2.24, 2.45) is 4.99 Å². The van der Waals surface area contributed by atoms with Crippen LogP contribution in [-0.4, -0.2) is 5.71 Å². The highest BCUT2D eigenvalue weighted by Crippen LogP contribution is 2.52. The van der Waals surface area contributed by atoms with Crippen molar-refractivity contribution in [2.75, 3.05) is 10.2 Å². The Balaban J connectivity index is 1.13. The molecule has 0 bridgehead atoms. The summed E-state index contributed by atoms with van der Waals surface area (Å²) in [6.07, 6.45) is 5.82. The van der Waals surface area contributed by atoms with Crippen LogP contribution in [0.1, 0.15) is 65.8 Å². The Morgan fingerprint density at radius 1 is 0.722 bits per heavy atom. The summed E-state index contributed by atoms with van der Waals surface area (Å²) in [6.45, 7) is 4.67. The van der Waals surface area contributed by atoms with E-state index in [9.17, 15) is 0 Å². The standard InChI is InChI=1S/C49H37N3O2/c1-49(2)38-22-12-9-19-33(38)34-26-25-32(29-39(34)49)52(31-17-7-4-8-18-31)40-28-27-37(43-35-20-10-13-23-41(35)53-46(40)43)48-50-44(30-15-5-3-6-16-30)47-45(51-48)36-21-11-14-24-42(36)54-47/h3-10,12-20,22-29,48,51H,11,21H2,1-2H3. The van der Waals surface area contributed by atoms with Crippen LogP contribution in [0.25, 0.3) is 39.1 Å². The molecule has 8 aromatic rings. The molecule has 6 aromatic carbocycles. The van der Waals surface area contributed by atoms with Gasteiger partial charge in [0.15, 0.2) is 11.3 Å². The van der Waals surface area contributed by atoms with Gasteiger partial charge in [0.05, 0.1) is 11.4 Å². The largest absolute Gasteiger partial charge is 0.454 e. The summed E-state index contributed by atoms with van der Waals surface area (Å²) >= 11 is 0. The highest BCUT2D eigenvalue weighted by atomic mass is 16.3. The quantitative estimate of drug-likeness (QED) is 0.194. The topological polar surface area (TPSA) is 53.9 Å². The first kappa shape index (κ1) is 31.0. The van der Waals surface area contributed by atoms with Crippen molar-refractivity contribution in [1.29, 1.82) is 0 Å². The number of hydrogen-bond donors (Lipinski definition) is 1. The number of furan rings is 2. The molecule has 2 aromatic heterocycles. The average molecular weight is 700 g/mol. The minimum atomic E-state index is -0.373. The maximum Gasteiger partial charge on any atom is 0.176 e. The van der Waals surface area contributed by atoms with Gasteiger partial charge in [0.2, 0.25) is 0 Å². The van der Waals surface area contributed by atoms with E-state index >= 15 is 0 Å². The molecule has 1 N–H and O–H groups in total. The van der Waals surface area contributed by atoms with E-state index in [0.29, 0.717) is 0 Å². The van der Waals surface area contributed by atoms with Gasteiger partial charge < -0.3 is 19.1 Å². The lowest BCUT2D eigenvalue weighted by Crippen LogP contribution is -2.21. The molecule has 5 heteroatoms. The van der Waals surface area contributed by atoms with Crippen molar-refractivity contribution in [1.82, 2.24) is 0 Å². The molecule has 2 aliphatic carbocycles. The molecular weight excluding hydrogens is 663 g/mol. The van der Waals surface area contributed by atoms with Crippen LogP contribution in [0.4, 0.5) is 22.7 Å². The minimum absolute atomic E-state index is 0.134. The highest BCUT2D eigenvalue weighted by molar-refractivity contribution is 6.17. The zero-order chi connectivity index (χ0) is 36.0. The Labute approximate surface area is 313 Å². The number of nitrogens with one attached hydrogen (secondary N) is 1. The van der Waals surface area contributed by atoms with Gasteiger partial charge in [-0.25, -0.2) is 0 Å². The fraction of sp³-hybridized carbons (Fsp3) is 0.122. The minimum Gasteiger partial charge on any atom is -0.454 e. The van der Waals surface area contributed by atoms with Crippen LogP contribution in [0.5, 0.6) is 0 Å². The van der Waals surface area contributed by atoms with Gasteiger partial charge in [-0.3, -0.25) is 4.99 Å². The summed E-state index contributed by atoms with van der Waals surface area (Å²) in [5.41, 5.74) is 15.1. The van der Waals surface area contributed by atoms with E-state index in [-0.39, 0.29) is 11.6 Å². The van der Waals surface area contributed by atoms with Crippen LogP contribution in [0, 0.1) is 0 Å². The lowest BCUT2D eigenvalue weighted by molar-refractivity contribution is 0.540. The third-order valence-electron chi connectivity index (χ3n) is 11.6. The Kier molecular flexibility index (Phi) is 6.72. The monoisotopic (exact) mass is 699 g/mol. The third-order valence-corrected chi connectivity index (χ3v) is 11.6. The number of anilines is 4. The zero-order valence-corrected chi connectivity index (χ0v) is 30.1. The number of aliphatic imine (C=N–C) groups is 1. The molecule has 0 saturated carbocycles. The van der Waals surface area contributed by atoms with Crippen molar-refractivity contribution >= 4 is 56.5 Å². The molecule has 3 aliphatic rings. The van der Waals surface area contributed by atoms with Gasteiger partial charge >= 0.3 is 0 Å². The van der Waals surface area contributed by atoms with Gasteiger partial charge in [-0.1, -0.05) is 123 Å². The number of benzene rings is 6. The van der Waals surface area contributed by atoms with Gasteiger partial charge in [0.25, 0.3) is 0 Å². The molecule has 260 valence electrons. The van der Waals surface area contributed by atoms with Crippen molar-refractivity contribution in [3.8, 4) is 11.1 Å². The number of hydrogen-bond acceptors (Lipinski definition) is 5. The molecule has 1 atom stereocenters. The van der Waals surface area contributed by atoms with E-state index in [1.54, 1.807) is 0 Å². The molecule has 0 radical (unpaired) electrons. The van der Waals surface area contributed by atoms with Gasteiger partial charge in [0, 0.05) is 44.3 Å². The molecule has 1 unspecified atom stereocenters. The lowest BCUT2D eigenvalue weighted by atomic mass is 9.82. The van der Waals surface area contributed by atoms with Crippen molar-refractivity contribution < 1.29 is 8.83 Å². The first-order chi connectivity index (χ1) is 26.5. The molecule has 0 saturated heterocycles. The van der Waals surface area contributed by atoms with Crippen LogP contribution in [-0.2, 0) is 11.8 Å². The van der Waals surface area contributed by atoms with Gasteiger partial charge in [-0.2, -0.15) is 0 Å². The van der Waals surface area contributed by atoms with Crippen molar-refractivity contribution in [3.05, 3.63) is 185 Å². The van der Waals surface area contributed by atoms with E-state index in [1.165, 1.54) is 27.8 Å². The molecular formula is C49H37N3O2. The lowest BCUT2D eigenvalue weighted by Gasteiger charge is -2.29. The molecule has 1 aliphatic heterocycles. The Morgan fingerprint density at radius 2 is 1.48 bits per heavy atom. The third kappa shape index (κ3) is 4.54. The number of allylic oxidation sites excluding steroid dienone is 1. The maximum absolute atomic E-state index is 6.93. The summed E-state index contributed by atoms with van der Waals surface area (Å²) in [7, 11) is 0. The SMILES string of the molecule is CC1(C)c2ccccc2-c2ccc(N(c3ccccc3)c3ccc(C4N=C(c5ccccc5)c5oc6c(c5N4)CCC=C6)c4c3oc3ccccc34)cc21. The number of fused-ring (bicyclic) bond motifs is 9. The van der Waals surface area contributed by atoms with E-state index in [0.717, 1.165) is 85.9 Å². The molecule has 0 spiro atoms. The second-order valence-electron chi connectivity index (χ2n) is 15.0. The van der Waals surface area contributed by atoms with E-state index < -0.39 is 0 Å². The predicted octanol–water partition coefficient (Wildman–Crippen LogP) is 12.9. The number of para-hydroxylation sites is 2. The van der Waals surface area contributed by atoms with Crippen LogP contribution >= 0.6 is 0 Å². The average Bonchev–Trinajstić information content (AvgIpc) is 3.87. The van der Waals surface area contributed by atoms with E-state index in [1.807, 2.05) is 12.1 Å². The summed E-state index contributed by atoms with van der Waals surface area (Å²) in [6, 6.07) is 49.5. The first-order valence-corrected chi connectivity index (χ1v) is 18.8. The van der Waals surface area contributed by atoms with Crippen molar-refractivity contribution in [3.63, 3.8) is 0 Å². The first-order valence-electron chi connectivity index (χ1n) is 18.8. The molecule has 11 rings (SSSR count). The van der Waals surface area contributed by atoms with Crippen molar-refractivity contribution in [2.45, 2.75) is 38.3 Å². The van der Waals surface area contributed by atoms with E-state index in [4.69, 9.17) is 13.8 Å². The predicted molar refractivity (Wildman–Crippen MR) is 220 cm³/mol. The Morgan fingerprint density at radius 3 is 2.35 bits per heavy atom. The van der Waals surface area contributed by atoms with E-state index in [2.05, 4.69) is 164 Å². The summed E-state index contributed by atoms with van der Waals surface area (Å²) in [5, 5.41) is 5.96. The second-order valence-corrected chi connectivity index (χ2v) is 15.0. The fourth-order valence-electron chi connectivity index (χ4n) is 8.99. The normalized spacial score (nSPS) is 16.3. The van der Waals surface area contributed by atoms with Crippen LogP contribution in [0.3, 0.4) is 0 Å².